The number of likely N-dealkylation sites (tertiary alicyclic amines) is 1. The summed E-state index contributed by atoms with van der Waals surface area (Å²) in [6.07, 6.45) is 1.37. The van der Waals surface area contributed by atoms with Gasteiger partial charge in [-0.25, -0.2) is 13.6 Å². The highest BCUT2D eigenvalue weighted by Gasteiger charge is 2.38. The van der Waals surface area contributed by atoms with Gasteiger partial charge < -0.3 is 10.0 Å². The van der Waals surface area contributed by atoms with Gasteiger partial charge in [0.25, 0.3) is 5.91 Å². The van der Waals surface area contributed by atoms with Crippen molar-refractivity contribution < 1.29 is 23.5 Å². The zero-order valence-corrected chi connectivity index (χ0v) is 11.0. The number of carboxylic acid groups (broad SMARTS) is 1. The molecule has 4 nitrogen and oxygen atoms in total. The first kappa shape index (κ1) is 14.4. The van der Waals surface area contributed by atoms with Gasteiger partial charge in [-0.15, -0.1) is 0 Å². The first-order valence-corrected chi connectivity index (χ1v) is 6.40. The zero-order valence-electron chi connectivity index (χ0n) is 11.0. The van der Waals surface area contributed by atoms with Crippen molar-refractivity contribution in [3.05, 3.63) is 35.4 Å². The highest BCUT2D eigenvalue weighted by Crippen LogP contribution is 2.26. The average Bonchev–Trinajstić information content (AvgIpc) is 2.37. The second-order valence-corrected chi connectivity index (χ2v) is 5.03. The van der Waals surface area contributed by atoms with Crippen LogP contribution in [0.4, 0.5) is 8.78 Å². The Hall–Kier alpha value is -1.98. The highest BCUT2D eigenvalue weighted by molar-refractivity contribution is 5.97. The fraction of sp³-hybridized carbons (Fsp3) is 0.429. The molecular formula is C14H15F2NO3. The summed E-state index contributed by atoms with van der Waals surface area (Å²) in [6.45, 7) is 2.01. The van der Waals surface area contributed by atoms with Crippen LogP contribution in [0.25, 0.3) is 0 Å². The summed E-state index contributed by atoms with van der Waals surface area (Å²) in [6, 6.07) is 1.68. The molecule has 1 fully saturated rings. The number of aliphatic carboxylic acids is 1. The second kappa shape index (κ2) is 5.56. The Labute approximate surface area is 115 Å². The van der Waals surface area contributed by atoms with E-state index < -0.39 is 29.6 Å². The smallest absolute Gasteiger partial charge is 0.326 e. The van der Waals surface area contributed by atoms with E-state index in [9.17, 15) is 23.5 Å². The molecule has 2 atom stereocenters. The van der Waals surface area contributed by atoms with Gasteiger partial charge >= 0.3 is 5.97 Å². The summed E-state index contributed by atoms with van der Waals surface area (Å²) in [5, 5.41) is 9.24. The van der Waals surface area contributed by atoms with Crippen molar-refractivity contribution in [3.63, 3.8) is 0 Å². The number of nitrogens with zero attached hydrogens (tertiary/aromatic N) is 1. The second-order valence-electron chi connectivity index (χ2n) is 5.03. The predicted molar refractivity (Wildman–Crippen MR) is 67.2 cm³/mol. The van der Waals surface area contributed by atoms with Crippen LogP contribution in [-0.2, 0) is 4.79 Å². The van der Waals surface area contributed by atoms with E-state index >= 15 is 0 Å². The number of hydrogen-bond donors (Lipinski definition) is 1. The van der Waals surface area contributed by atoms with E-state index in [1.807, 2.05) is 0 Å². The molecule has 20 heavy (non-hydrogen) atoms. The van der Waals surface area contributed by atoms with Crippen molar-refractivity contribution in [2.24, 2.45) is 5.92 Å². The molecule has 0 saturated carbocycles. The third kappa shape index (κ3) is 2.64. The van der Waals surface area contributed by atoms with E-state index in [1.54, 1.807) is 6.92 Å². The van der Waals surface area contributed by atoms with Crippen molar-refractivity contribution in [1.29, 1.82) is 0 Å². The molecule has 1 amide bonds. The van der Waals surface area contributed by atoms with Gasteiger partial charge in [-0.3, -0.25) is 4.79 Å². The van der Waals surface area contributed by atoms with Crippen LogP contribution in [0.15, 0.2) is 18.2 Å². The first-order chi connectivity index (χ1) is 9.41. The molecule has 1 aromatic carbocycles. The quantitative estimate of drug-likeness (QED) is 0.906. The fourth-order valence-electron chi connectivity index (χ4n) is 2.61. The Morgan fingerprint density at radius 2 is 2.05 bits per heavy atom. The van der Waals surface area contributed by atoms with Crippen molar-refractivity contribution >= 4 is 11.9 Å². The predicted octanol–water partition coefficient (Wildman–Crippen LogP) is 2.29. The van der Waals surface area contributed by atoms with Crippen LogP contribution < -0.4 is 0 Å². The molecule has 108 valence electrons. The Kier molecular flexibility index (Phi) is 4.01. The lowest BCUT2D eigenvalue weighted by molar-refractivity contribution is -0.145. The molecule has 0 spiro atoms. The number of carboxylic acids is 1. The molecular weight excluding hydrogens is 268 g/mol. The van der Waals surface area contributed by atoms with Crippen LogP contribution in [0.1, 0.15) is 30.1 Å². The van der Waals surface area contributed by atoms with Gasteiger partial charge in [0, 0.05) is 12.6 Å². The number of amides is 1. The molecule has 0 bridgehead atoms. The van der Waals surface area contributed by atoms with Crippen LogP contribution >= 0.6 is 0 Å². The largest absolute Gasteiger partial charge is 0.480 e. The van der Waals surface area contributed by atoms with E-state index in [-0.39, 0.29) is 18.0 Å². The number of benzene rings is 1. The van der Waals surface area contributed by atoms with Crippen LogP contribution in [0.3, 0.4) is 0 Å². The van der Waals surface area contributed by atoms with Gasteiger partial charge in [0.2, 0.25) is 0 Å². The van der Waals surface area contributed by atoms with Crippen molar-refractivity contribution in [2.75, 3.05) is 6.54 Å². The Bertz CT molecular complexity index is 547. The van der Waals surface area contributed by atoms with Crippen LogP contribution in [0, 0.1) is 17.6 Å². The number of piperidine rings is 1. The summed E-state index contributed by atoms with van der Waals surface area (Å²) in [7, 11) is 0. The van der Waals surface area contributed by atoms with Crippen LogP contribution in [0.5, 0.6) is 0 Å². The molecule has 1 N–H and O–H groups in total. The average molecular weight is 283 g/mol. The number of rotatable bonds is 2. The number of carbonyl (C=O) groups is 2. The minimum atomic E-state index is -1.10. The number of hydrogen-bond acceptors (Lipinski definition) is 2. The summed E-state index contributed by atoms with van der Waals surface area (Å²) in [5.41, 5.74) is -0.299. The van der Waals surface area contributed by atoms with E-state index in [0.717, 1.165) is 17.0 Å². The molecule has 1 aromatic rings. The van der Waals surface area contributed by atoms with Crippen LogP contribution in [-0.4, -0.2) is 34.5 Å². The van der Waals surface area contributed by atoms with E-state index in [4.69, 9.17) is 0 Å². The van der Waals surface area contributed by atoms with E-state index in [1.165, 1.54) is 0 Å². The zero-order chi connectivity index (χ0) is 14.9. The Morgan fingerprint density at radius 3 is 2.65 bits per heavy atom. The third-order valence-electron chi connectivity index (χ3n) is 3.61. The molecule has 1 saturated heterocycles. The van der Waals surface area contributed by atoms with Gasteiger partial charge in [-0.05, 0) is 30.9 Å². The van der Waals surface area contributed by atoms with E-state index in [2.05, 4.69) is 0 Å². The summed E-state index contributed by atoms with van der Waals surface area (Å²) in [5.74, 6) is -3.76. The third-order valence-corrected chi connectivity index (χ3v) is 3.61. The minimum absolute atomic E-state index is 0.200. The van der Waals surface area contributed by atoms with Gasteiger partial charge in [0.05, 0.1) is 5.56 Å². The lowest BCUT2D eigenvalue weighted by Gasteiger charge is -2.37. The summed E-state index contributed by atoms with van der Waals surface area (Å²) < 4.78 is 26.5. The maximum atomic E-state index is 13.6. The summed E-state index contributed by atoms with van der Waals surface area (Å²) in [4.78, 5) is 24.8. The molecule has 1 heterocycles. The SMILES string of the molecule is CC1CCCN(C(=O)c2ccc(F)cc2F)C1C(=O)O. The van der Waals surface area contributed by atoms with Crippen molar-refractivity contribution in [3.8, 4) is 0 Å². The topological polar surface area (TPSA) is 57.6 Å². The maximum Gasteiger partial charge on any atom is 0.326 e. The maximum absolute atomic E-state index is 13.6. The van der Waals surface area contributed by atoms with Gasteiger partial charge in [0.15, 0.2) is 0 Å². The van der Waals surface area contributed by atoms with Crippen LogP contribution in [0.2, 0.25) is 0 Å². The molecule has 0 radical (unpaired) electrons. The Morgan fingerprint density at radius 1 is 1.35 bits per heavy atom. The number of carbonyl (C=O) groups excluding carboxylic acids is 1. The van der Waals surface area contributed by atoms with E-state index in [0.29, 0.717) is 18.9 Å². The number of halogens is 2. The lowest BCUT2D eigenvalue weighted by atomic mass is 9.90. The lowest BCUT2D eigenvalue weighted by Crippen LogP contribution is -2.52. The van der Waals surface area contributed by atoms with Crippen molar-refractivity contribution in [2.45, 2.75) is 25.8 Å². The molecule has 2 rings (SSSR count). The normalized spacial score (nSPS) is 22.6. The minimum Gasteiger partial charge on any atom is -0.480 e. The molecule has 6 heteroatoms. The highest BCUT2D eigenvalue weighted by atomic mass is 19.1. The molecule has 0 aromatic heterocycles. The fourth-order valence-corrected chi connectivity index (χ4v) is 2.61. The monoisotopic (exact) mass is 283 g/mol. The Balaban J connectivity index is 2.33. The van der Waals surface area contributed by atoms with Gasteiger partial charge in [-0.1, -0.05) is 6.92 Å². The van der Waals surface area contributed by atoms with Gasteiger partial charge in [-0.2, -0.15) is 0 Å². The summed E-state index contributed by atoms with van der Waals surface area (Å²) >= 11 is 0. The molecule has 2 unspecified atom stereocenters. The standard InChI is InChI=1S/C14H15F2NO3/c1-8-3-2-6-17(12(8)14(19)20)13(18)10-5-4-9(15)7-11(10)16/h4-5,7-8,12H,2-3,6H2,1H3,(H,19,20). The van der Waals surface area contributed by atoms with Crippen molar-refractivity contribution in [1.82, 2.24) is 4.90 Å². The molecule has 1 aliphatic rings. The van der Waals surface area contributed by atoms with Gasteiger partial charge in [0.1, 0.15) is 17.7 Å². The molecule has 1 aliphatic heterocycles. The first-order valence-electron chi connectivity index (χ1n) is 6.40. The molecule has 0 aliphatic carbocycles.